The highest BCUT2D eigenvalue weighted by Gasteiger charge is 2.28. The molecule has 1 aromatic heterocycles. The van der Waals surface area contributed by atoms with Gasteiger partial charge in [0.15, 0.2) is 5.13 Å². The summed E-state index contributed by atoms with van der Waals surface area (Å²) in [5.74, 6) is -0.641. The maximum atomic E-state index is 13.0. The average molecular weight is 489 g/mol. The van der Waals surface area contributed by atoms with Crippen LogP contribution >= 0.6 is 22.9 Å². The maximum absolute atomic E-state index is 13.0. The Morgan fingerprint density at radius 1 is 1.12 bits per heavy atom. The summed E-state index contributed by atoms with van der Waals surface area (Å²) >= 11 is 7.73. The Morgan fingerprint density at radius 2 is 1.88 bits per heavy atom. The van der Waals surface area contributed by atoms with Gasteiger partial charge in [0.1, 0.15) is 6.10 Å². The highest BCUT2D eigenvalue weighted by molar-refractivity contribution is 7.15. The van der Waals surface area contributed by atoms with Crippen molar-refractivity contribution >= 4 is 39.9 Å². The first-order valence-corrected chi connectivity index (χ1v) is 12.1. The van der Waals surface area contributed by atoms with Crippen molar-refractivity contribution in [3.8, 4) is 0 Å². The lowest BCUT2D eigenvalue weighted by Crippen LogP contribution is -2.23. The number of benzene rings is 3. The van der Waals surface area contributed by atoms with Crippen molar-refractivity contribution in [2.24, 2.45) is 0 Å². The minimum Gasteiger partial charge on any atom is -0.454 e. The summed E-state index contributed by atoms with van der Waals surface area (Å²) in [5.41, 5.74) is 4.58. The van der Waals surface area contributed by atoms with Crippen LogP contribution in [0.15, 0.2) is 72.8 Å². The van der Waals surface area contributed by atoms with Crippen molar-refractivity contribution in [3.05, 3.63) is 116 Å². The van der Waals surface area contributed by atoms with Crippen molar-refractivity contribution in [2.45, 2.75) is 25.9 Å². The fourth-order valence-corrected chi connectivity index (χ4v) is 5.20. The summed E-state index contributed by atoms with van der Waals surface area (Å²) in [6.45, 7) is 1.92. The van der Waals surface area contributed by atoms with E-state index in [0.29, 0.717) is 34.1 Å². The summed E-state index contributed by atoms with van der Waals surface area (Å²) in [4.78, 5) is 31.1. The molecule has 1 aliphatic heterocycles. The van der Waals surface area contributed by atoms with Gasteiger partial charge in [-0.3, -0.25) is 10.1 Å². The number of carbonyl (C=O) groups excluding carboxylic acids is 2. The molecule has 0 fully saturated rings. The van der Waals surface area contributed by atoms with Gasteiger partial charge in [0.2, 0.25) is 0 Å². The molecule has 2 heterocycles. The molecule has 0 radical (unpaired) electrons. The van der Waals surface area contributed by atoms with Gasteiger partial charge in [-0.15, -0.1) is 11.3 Å². The largest absolute Gasteiger partial charge is 0.454 e. The fraction of sp³-hybridized carbons (Fsp3) is 0.148. The number of fused-ring (bicyclic) bond motifs is 1. The predicted octanol–water partition coefficient (Wildman–Crippen LogP) is 6.40. The van der Waals surface area contributed by atoms with Crippen LogP contribution in [0, 0.1) is 6.92 Å². The first-order chi connectivity index (χ1) is 16.5. The number of carbonyl (C=O) groups is 2. The van der Waals surface area contributed by atoms with E-state index in [-0.39, 0.29) is 18.0 Å². The molecular weight excluding hydrogens is 468 g/mol. The van der Waals surface area contributed by atoms with Gasteiger partial charge in [0, 0.05) is 28.3 Å². The zero-order valence-electron chi connectivity index (χ0n) is 18.4. The topological polar surface area (TPSA) is 68.3 Å². The number of nitrogens with zero attached hydrogens (tertiary/aromatic N) is 1. The Bertz CT molecular complexity index is 1380. The predicted molar refractivity (Wildman–Crippen MR) is 134 cm³/mol. The number of amides is 1. The lowest BCUT2D eigenvalue weighted by molar-refractivity contribution is 0.0252. The first-order valence-electron chi connectivity index (χ1n) is 10.9. The molecule has 0 bridgehead atoms. The number of aromatic nitrogens is 1. The molecule has 170 valence electrons. The van der Waals surface area contributed by atoms with Crippen molar-refractivity contribution in [1.82, 2.24) is 4.98 Å². The van der Waals surface area contributed by atoms with E-state index in [1.54, 1.807) is 18.2 Å². The first kappa shape index (κ1) is 22.3. The average Bonchev–Trinajstić information content (AvgIpc) is 3.19. The summed E-state index contributed by atoms with van der Waals surface area (Å²) in [6, 6.07) is 22.4. The van der Waals surface area contributed by atoms with Gasteiger partial charge in [-0.1, -0.05) is 60.1 Å². The van der Waals surface area contributed by atoms with E-state index in [2.05, 4.69) is 10.3 Å². The molecule has 1 aliphatic rings. The second-order valence-electron chi connectivity index (χ2n) is 8.13. The smallest absolute Gasteiger partial charge is 0.339 e. The Morgan fingerprint density at radius 3 is 2.68 bits per heavy atom. The quantitative estimate of drug-likeness (QED) is 0.330. The normalized spacial score (nSPS) is 14.9. The number of hydrogen-bond acceptors (Lipinski definition) is 5. The third-order valence-corrected chi connectivity index (χ3v) is 7.28. The third kappa shape index (κ3) is 4.60. The lowest BCUT2D eigenvalue weighted by atomic mass is 9.93. The number of cyclic esters (lactones) is 1. The molecule has 4 aromatic rings. The van der Waals surface area contributed by atoms with Crippen LogP contribution < -0.4 is 5.32 Å². The van der Waals surface area contributed by atoms with Crippen LogP contribution in [-0.4, -0.2) is 16.9 Å². The monoisotopic (exact) mass is 488 g/mol. The standard InChI is InChI=1S/C27H21ClN2O3S/c1-16-24(15-18-9-5-6-10-22(18)28)34-27(29-16)30-25(31)19-11-12-21-20(13-19)14-23(33-26(21)32)17-7-3-2-4-8-17/h2-13,23H,14-15H2,1H3,(H,29,30,31). The van der Waals surface area contributed by atoms with Gasteiger partial charge >= 0.3 is 5.97 Å². The fourth-order valence-electron chi connectivity index (χ4n) is 4.02. The number of esters is 1. The minimum atomic E-state index is -0.373. The number of thiazole rings is 1. The van der Waals surface area contributed by atoms with Crippen LogP contribution in [0.2, 0.25) is 5.02 Å². The SMILES string of the molecule is Cc1nc(NC(=O)c2ccc3c(c2)CC(c2ccccc2)OC3=O)sc1Cc1ccccc1Cl. The van der Waals surface area contributed by atoms with Gasteiger partial charge in [-0.25, -0.2) is 9.78 Å². The number of hydrogen-bond donors (Lipinski definition) is 1. The van der Waals surface area contributed by atoms with Gasteiger partial charge < -0.3 is 4.74 Å². The molecule has 0 aliphatic carbocycles. The van der Waals surface area contributed by atoms with E-state index in [1.165, 1.54) is 11.3 Å². The van der Waals surface area contributed by atoms with Crippen LogP contribution in [0.3, 0.4) is 0 Å². The molecule has 0 saturated heterocycles. The zero-order chi connectivity index (χ0) is 23.7. The molecule has 5 nitrogen and oxygen atoms in total. The third-order valence-electron chi connectivity index (χ3n) is 5.84. The molecule has 1 atom stereocenters. The zero-order valence-corrected chi connectivity index (χ0v) is 20.0. The van der Waals surface area contributed by atoms with E-state index < -0.39 is 0 Å². The van der Waals surface area contributed by atoms with Crippen molar-refractivity contribution in [1.29, 1.82) is 0 Å². The van der Waals surface area contributed by atoms with Gasteiger partial charge in [0.05, 0.1) is 11.3 Å². The number of halogens is 1. The van der Waals surface area contributed by atoms with E-state index in [1.807, 2.05) is 61.5 Å². The molecular formula is C27H21ClN2O3S. The van der Waals surface area contributed by atoms with E-state index in [9.17, 15) is 9.59 Å². The molecule has 34 heavy (non-hydrogen) atoms. The van der Waals surface area contributed by atoms with E-state index in [0.717, 1.165) is 27.3 Å². The molecule has 0 saturated carbocycles. The summed E-state index contributed by atoms with van der Waals surface area (Å²) < 4.78 is 5.61. The molecule has 1 N–H and O–H groups in total. The van der Waals surface area contributed by atoms with Crippen molar-refractivity contribution in [2.75, 3.05) is 5.32 Å². The van der Waals surface area contributed by atoms with Crippen LogP contribution in [0.5, 0.6) is 0 Å². The van der Waals surface area contributed by atoms with Crippen LogP contribution in [-0.2, 0) is 17.6 Å². The molecule has 3 aromatic carbocycles. The van der Waals surface area contributed by atoms with E-state index >= 15 is 0 Å². The van der Waals surface area contributed by atoms with Crippen molar-refractivity contribution < 1.29 is 14.3 Å². The Balaban J connectivity index is 1.33. The Labute approximate surface area is 206 Å². The second-order valence-corrected chi connectivity index (χ2v) is 9.62. The molecule has 7 heteroatoms. The lowest BCUT2D eigenvalue weighted by Gasteiger charge is -2.25. The Kier molecular flexibility index (Phi) is 6.18. The Hall–Kier alpha value is -3.48. The van der Waals surface area contributed by atoms with Crippen molar-refractivity contribution in [3.63, 3.8) is 0 Å². The highest BCUT2D eigenvalue weighted by Crippen LogP contribution is 2.32. The van der Waals surface area contributed by atoms with Gasteiger partial charge in [-0.2, -0.15) is 0 Å². The van der Waals surface area contributed by atoms with E-state index in [4.69, 9.17) is 16.3 Å². The number of ether oxygens (including phenoxy) is 1. The maximum Gasteiger partial charge on any atom is 0.339 e. The molecule has 5 rings (SSSR count). The van der Waals surface area contributed by atoms with Crippen LogP contribution in [0.1, 0.15) is 54.1 Å². The summed E-state index contributed by atoms with van der Waals surface area (Å²) in [5, 5.41) is 4.14. The molecule has 1 unspecified atom stereocenters. The molecule has 1 amide bonds. The second kappa shape index (κ2) is 9.41. The summed E-state index contributed by atoms with van der Waals surface area (Å²) in [7, 11) is 0. The number of rotatable bonds is 5. The van der Waals surface area contributed by atoms with Gasteiger partial charge in [0.25, 0.3) is 5.91 Å². The minimum absolute atomic E-state index is 0.268. The molecule has 0 spiro atoms. The summed E-state index contributed by atoms with van der Waals surface area (Å²) in [6.07, 6.45) is 0.805. The van der Waals surface area contributed by atoms with Crippen LogP contribution in [0.25, 0.3) is 0 Å². The highest BCUT2D eigenvalue weighted by atomic mass is 35.5. The number of anilines is 1. The number of aryl methyl sites for hydroxylation is 1. The number of nitrogens with one attached hydrogen (secondary N) is 1. The van der Waals surface area contributed by atoms with Gasteiger partial charge in [-0.05, 0) is 47.9 Å². The van der Waals surface area contributed by atoms with Crippen LogP contribution in [0.4, 0.5) is 5.13 Å².